The van der Waals surface area contributed by atoms with Crippen LogP contribution in [0.5, 0.6) is 0 Å². The summed E-state index contributed by atoms with van der Waals surface area (Å²) < 4.78 is 0. The maximum atomic E-state index is 8.71. The van der Waals surface area contributed by atoms with Gasteiger partial charge in [0.1, 0.15) is 0 Å². The van der Waals surface area contributed by atoms with Crippen molar-refractivity contribution in [1.82, 2.24) is 5.48 Å². The number of fused-ring (bicyclic) bond motifs is 5. The van der Waals surface area contributed by atoms with E-state index < -0.39 is 0 Å². The van der Waals surface area contributed by atoms with Gasteiger partial charge in [0, 0.05) is 5.56 Å². The van der Waals surface area contributed by atoms with Crippen molar-refractivity contribution in [3.05, 3.63) is 29.8 Å². The molecule has 1 aromatic rings. The number of guanidine groups is 1. The van der Waals surface area contributed by atoms with Crippen LogP contribution in [0.1, 0.15) is 11.8 Å². The third-order valence-electron chi connectivity index (χ3n) is 2.16. The molecule has 0 aromatic heterocycles. The highest BCUT2D eigenvalue weighted by molar-refractivity contribution is 5.97. The second-order valence-corrected chi connectivity index (χ2v) is 2.88. The Balaban J connectivity index is 2.13. The van der Waals surface area contributed by atoms with Gasteiger partial charge in [-0.15, -0.1) is 0 Å². The molecule has 2 aliphatic heterocycles. The molecule has 0 amide bonds. The standard InChI is InChI=1S/C8H7N3O2/c12-10-8-9-7-5-3-1-2-4-6(5)11(8)13-7/h1-4,7,12H,(H,9,10). The molecule has 13 heavy (non-hydrogen) atoms. The summed E-state index contributed by atoms with van der Waals surface area (Å²) in [5, 5.41) is 10.2. The summed E-state index contributed by atoms with van der Waals surface area (Å²) in [6.45, 7) is 0. The van der Waals surface area contributed by atoms with Crippen LogP contribution in [0, 0.1) is 0 Å². The Kier molecular flexibility index (Phi) is 1.17. The van der Waals surface area contributed by atoms with Gasteiger partial charge in [0.05, 0.1) is 5.69 Å². The van der Waals surface area contributed by atoms with E-state index in [1.165, 1.54) is 5.06 Å². The number of nitrogens with one attached hydrogen (secondary N) is 1. The number of hydrogen-bond acceptors (Lipinski definition) is 5. The van der Waals surface area contributed by atoms with Crippen LogP contribution in [0.4, 0.5) is 5.69 Å². The molecule has 1 unspecified atom stereocenters. The van der Waals surface area contributed by atoms with E-state index in [1.807, 2.05) is 29.7 Å². The topological polar surface area (TPSA) is 57.1 Å². The van der Waals surface area contributed by atoms with E-state index in [0.717, 1.165) is 11.3 Å². The molecule has 0 saturated carbocycles. The number of anilines is 1. The Labute approximate surface area is 74.2 Å². The molecular weight excluding hydrogens is 170 g/mol. The van der Waals surface area contributed by atoms with Crippen LogP contribution in [-0.2, 0) is 4.84 Å². The molecule has 0 radical (unpaired) electrons. The van der Waals surface area contributed by atoms with Gasteiger partial charge in [-0.2, -0.15) is 5.06 Å². The first-order valence-electron chi connectivity index (χ1n) is 3.94. The van der Waals surface area contributed by atoms with Gasteiger partial charge in [0.25, 0.3) is 5.96 Å². The molecule has 5 nitrogen and oxygen atoms in total. The summed E-state index contributed by atoms with van der Waals surface area (Å²) in [5.74, 6) is 0.337. The Morgan fingerprint density at radius 2 is 2.31 bits per heavy atom. The molecule has 2 aliphatic rings. The zero-order valence-electron chi connectivity index (χ0n) is 6.64. The molecule has 5 heteroatoms. The second-order valence-electron chi connectivity index (χ2n) is 2.88. The maximum Gasteiger partial charge on any atom is 0.250 e. The van der Waals surface area contributed by atoms with Crippen LogP contribution in [-0.4, -0.2) is 11.2 Å². The van der Waals surface area contributed by atoms with Crippen LogP contribution in [0.15, 0.2) is 29.3 Å². The quantitative estimate of drug-likeness (QED) is 0.575. The summed E-state index contributed by atoms with van der Waals surface area (Å²) in [6.07, 6.45) is -0.300. The van der Waals surface area contributed by atoms with Gasteiger partial charge in [0.15, 0.2) is 0 Å². The van der Waals surface area contributed by atoms with Crippen LogP contribution < -0.4 is 10.5 Å². The first-order chi connectivity index (χ1) is 6.40. The molecule has 66 valence electrons. The Morgan fingerprint density at radius 3 is 3.15 bits per heavy atom. The number of nitrogens with zero attached hydrogens (tertiary/aromatic N) is 2. The van der Waals surface area contributed by atoms with Crippen LogP contribution in [0.2, 0.25) is 0 Å². The Bertz CT molecular complexity index is 391. The minimum Gasteiger partial charge on any atom is -0.288 e. The highest BCUT2D eigenvalue weighted by Gasteiger charge is 2.38. The molecule has 2 N–H and O–H groups in total. The van der Waals surface area contributed by atoms with Crippen molar-refractivity contribution in [3.63, 3.8) is 0 Å². The van der Waals surface area contributed by atoms with Gasteiger partial charge in [-0.1, -0.05) is 18.2 Å². The number of benzene rings is 1. The van der Waals surface area contributed by atoms with E-state index in [0.29, 0.717) is 5.96 Å². The average Bonchev–Trinajstić information content (AvgIpc) is 2.75. The normalized spacial score (nSPS) is 23.0. The van der Waals surface area contributed by atoms with Crippen molar-refractivity contribution in [1.29, 1.82) is 0 Å². The molecule has 0 spiro atoms. The third kappa shape index (κ3) is 0.746. The number of hydrogen-bond donors (Lipinski definition) is 2. The number of aliphatic imine (C=N–C) groups is 1. The molecule has 0 aliphatic carbocycles. The lowest BCUT2D eigenvalue weighted by molar-refractivity contribution is 0.106. The fourth-order valence-electron chi connectivity index (χ4n) is 1.59. The SMILES string of the molecule is ONC1=NC2ON1c1ccccc12. The van der Waals surface area contributed by atoms with Crippen molar-refractivity contribution < 1.29 is 10.0 Å². The van der Waals surface area contributed by atoms with E-state index in [1.54, 1.807) is 0 Å². The smallest absolute Gasteiger partial charge is 0.250 e. The lowest BCUT2D eigenvalue weighted by atomic mass is 10.1. The van der Waals surface area contributed by atoms with Crippen molar-refractivity contribution in [3.8, 4) is 0 Å². The van der Waals surface area contributed by atoms with Gasteiger partial charge in [-0.3, -0.25) is 5.21 Å². The van der Waals surface area contributed by atoms with Gasteiger partial charge >= 0.3 is 0 Å². The molecule has 0 fully saturated rings. The van der Waals surface area contributed by atoms with E-state index in [-0.39, 0.29) is 6.23 Å². The molecule has 1 atom stereocenters. The van der Waals surface area contributed by atoms with Gasteiger partial charge in [-0.25, -0.2) is 15.3 Å². The second kappa shape index (κ2) is 2.21. The van der Waals surface area contributed by atoms with E-state index in [9.17, 15) is 0 Å². The Hall–Kier alpha value is -1.59. The monoisotopic (exact) mass is 177 g/mol. The van der Waals surface area contributed by atoms with Crippen LogP contribution in [0.25, 0.3) is 0 Å². The van der Waals surface area contributed by atoms with Gasteiger partial charge in [0.2, 0.25) is 6.23 Å². The highest BCUT2D eigenvalue weighted by Crippen LogP contribution is 2.42. The first-order valence-corrected chi connectivity index (χ1v) is 3.94. The number of rotatable bonds is 0. The summed E-state index contributed by atoms with van der Waals surface area (Å²) >= 11 is 0. The molecule has 0 saturated heterocycles. The zero-order valence-corrected chi connectivity index (χ0v) is 6.64. The number of hydroxylamine groups is 2. The van der Waals surface area contributed by atoms with E-state index in [4.69, 9.17) is 10.0 Å². The fraction of sp³-hybridized carbons (Fsp3) is 0.125. The van der Waals surface area contributed by atoms with Crippen molar-refractivity contribution >= 4 is 11.6 Å². The zero-order chi connectivity index (χ0) is 8.84. The van der Waals surface area contributed by atoms with Gasteiger partial charge in [-0.05, 0) is 6.07 Å². The van der Waals surface area contributed by atoms with E-state index >= 15 is 0 Å². The van der Waals surface area contributed by atoms with Crippen LogP contribution >= 0.6 is 0 Å². The van der Waals surface area contributed by atoms with E-state index in [2.05, 4.69) is 4.99 Å². The highest BCUT2D eigenvalue weighted by atomic mass is 16.7. The first kappa shape index (κ1) is 6.88. The summed E-state index contributed by atoms with van der Waals surface area (Å²) in [6, 6.07) is 7.72. The summed E-state index contributed by atoms with van der Waals surface area (Å²) in [5.41, 5.74) is 3.95. The molecule has 1 aromatic carbocycles. The predicted octanol–water partition coefficient (Wildman–Crippen LogP) is 0.785. The van der Waals surface area contributed by atoms with Gasteiger partial charge < -0.3 is 0 Å². The molecule has 3 rings (SSSR count). The molecule has 2 bridgehead atoms. The minimum absolute atomic E-state index is 0.300. The van der Waals surface area contributed by atoms with Crippen molar-refractivity contribution in [2.24, 2.45) is 4.99 Å². The number of para-hydroxylation sites is 1. The van der Waals surface area contributed by atoms with Crippen molar-refractivity contribution in [2.45, 2.75) is 6.23 Å². The molecule has 2 heterocycles. The summed E-state index contributed by atoms with van der Waals surface area (Å²) in [4.78, 5) is 9.43. The lowest BCUT2D eigenvalue weighted by Gasteiger charge is -2.14. The predicted molar refractivity (Wildman–Crippen MR) is 45.1 cm³/mol. The Morgan fingerprint density at radius 1 is 1.46 bits per heavy atom. The molecular formula is C8H7N3O2. The maximum absolute atomic E-state index is 8.71. The van der Waals surface area contributed by atoms with Crippen LogP contribution in [0.3, 0.4) is 0 Å². The summed E-state index contributed by atoms with van der Waals surface area (Å²) in [7, 11) is 0. The lowest BCUT2D eigenvalue weighted by Crippen LogP contribution is -2.34. The van der Waals surface area contributed by atoms with Crippen molar-refractivity contribution in [2.75, 3.05) is 5.06 Å². The third-order valence-corrected chi connectivity index (χ3v) is 2.16. The fourth-order valence-corrected chi connectivity index (χ4v) is 1.59. The largest absolute Gasteiger partial charge is 0.288 e. The average molecular weight is 177 g/mol. The minimum atomic E-state index is -0.300.